The molecule has 0 aliphatic rings. The first kappa shape index (κ1) is 11.0. The van der Waals surface area contributed by atoms with E-state index in [0.717, 1.165) is 17.5 Å². The van der Waals surface area contributed by atoms with Gasteiger partial charge < -0.3 is 16.6 Å². The third kappa shape index (κ3) is 2.25. The minimum atomic E-state index is -0.622. The summed E-state index contributed by atoms with van der Waals surface area (Å²) in [6.07, 6.45) is 0.124. The zero-order chi connectivity index (χ0) is 10.7. The second-order valence-electron chi connectivity index (χ2n) is 3.63. The van der Waals surface area contributed by atoms with Crippen molar-refractivity contribution in [1.82, 2.24) is 0 Å². The lowest BCUT2D eigenvalue weighted by molar-refractivity contribution is 0.144. The minimum Gasteiger partial charge on any atom is -0.399 e. The van der Waals surface area contributed by atoms with Gasteiger partial charge in [0.15, 0.2) is 0 Å². The van der Waals surface area contributed by atoms with Crippen molar-refractivity contribution in [3.63, 3.8) is 0 Å². The predicted octanol–water partition coefficient (Wildman–Crippen LogP) is 1.35. The van der Waals surface area contributed by atoms with Crippen LogP contribution in [0.5, 0.6) is 0 Å². The number of anilines is 1. The van der Waals surface area contributed by atoms with Gasteiger partial charge >= 0.3 is 0 Å². The summed E-state index contributed by atoms with van der Waals surface area (Å²) in [7, 11) is 0. The Hall–Kier alpha value is -1.06. The van der Waals surface area contributed by atoms with E-state index in [9.17, 15) is 5.11 Å². The number of benzene rings is 1. The average Bonchev–Trinajstić information content (AvgIpc) is 2.19. The highest BCUT2D eigenvalue weighted by molar-refractivity contribution is 5.45. The van der Waals surface area contributed by atoms with Crippen LogP contribution < -0.4 is 11.5 Å². The summed E-state index contributed by atoms with van der Waals surface area (Å²) in [5.41, 5.74) is 13.9. The lowest BCUT2D eigenvalue weighted by Crippen LogP contribution is -2.27. The van der Waals surface area contributed by atoms with E-state index in [2.05, 4.69) is 0 Å². The fourth-order valence-electron chi connectivity index (χ4n) is 1.43. The summed E-state index contributed by atoms with van der Waals surface area (Å²) in [5, 5.41) is 9.91. The molecule has 78 valence electrons. The molecule has 0 heterocycles. The third-order valence-corrected chi connectivity index (χ3v) is 2.50. The summed E-state index contributed by atoms with van der Waals surface area (Å²) in [5.74, 6) is 0. The van der Waals surface area contributed by atoms with Crippen molar-refractivity contribution in [3.05, 3.63) is 29.3 Å². The normalized spacial score (nSPS) is 15.1. The summed E-state index contributed by atoms with van der Waals surface area (Å²) < 4.78 is 0. The SMILES string of the molecule is CC[C@@H](N)[C@H](O)c1cc(N)ccc1C. The van der Waals surface area contributed by atoms with Crippen molar-refractivity contribution >= 4 is 5.69 Å². The Morgan fingerprint density at radius 1 is 1.43 bits per heavy atom. The molecule has 0 bridgehead atoms. The van der Waals surface area contributed by atoms with Gasteiger partial charge in [-0.15, -0.1) is 0 Å². The number of aliphatic hydroxyl groups excluding tert-OH is 1. The molecule has 1 rings (SSSR count). The maximum Gasteiger partial charge on any atom is 0.0944 e. The Bertz CT molecular complexity index is 312. The Morgan fingerprint density at radius 2 is 2.07 bits per heavy atom. The van der Waals surface area contributed by atoms with E-state index in [1.807, 2.05) is 26.0 Å². The van der Waals surface area contributed by atoms with Crippen LogP contribution in [0.2, 0.25) is 0 Å². The molecule has 0 aromatic heterocycles. The Morgan fingerprint density at radius 3 is 2.64 bits per heavy atom. The standard InChI is InChI=1S/C11H18N2O/c1-3-10(13)11(14)9-6-8(12)5-4-7(9)2/h4-6,10-11,14H,3,12-13H2,1-2H3/t10-,11-/m1/s1. The van der Waals surface area contributed by atoms with Gasteiger partial charge in [0.25, 0.3) is 0 Å². The van der Waals surface area contributed by atoms with Crippen molar-refractivity contribution < 1.29 is 5.11 Å². The van der Waals surface area contributed by atoms with Crippen LogP contribution >= 0.6 is 0 Å². The lowest BCUT2D eigenvalue weighted by Gasteiger charge is -2.19. The van der Waals surface area contributed by atoms with Crippen LogP contribution in [0.1, 0.15) is 30.6 Å². The van der Waals surface area contributed by atoms with Gasteiger partial charge in [-0.1, -0.05) is 13.0 Å². The molecule has 0 saturated carbocycles. The first-order chi connectivity index (χ1) is 6.56. The van der Waals surface area contributed by atoms with Crippen molar-refractivity contribution in [1.29, 1.82) is 0 Å². The van der Waals surface area contributed by atoms with Crippen LogP contribution in [0.15, 0.2) is 18.2 Å². The number of nitrogen functional groups attached to an aromatic ring is 1. The van der Waals surface area contributed by atoms with E-state index < -0.39 is 6.10 Å². The van der Waals surface area contributed by atoms with Crippen molar-refractivity contribution in [3.8, 4) is 0 Å². The molecule has 2 atom stereocenters. The van der Waals surface area contributed by atoms with E-state index >= 15 is 0 Å². The van der Waals surface area contributed by atoms with Gasteiger partial charge in [0.2, 0.25) is 0 Å². The van der Waals surface area contributed by atoms with Gasteiger partial charge in [0, 0.05) is 11.7 Å². The molecule has 0 aliphatic heterocycles. The summed E-state index contributed by atoms with van der Waals surface area (Å²) in [6.45, 7) is 3.90. The fourth-order valence-corrected chi connectivity index (χ4v) is 1.43. The Balaban J connectivity index is 2.99. The minimum absolute atomic E-state index is 0.226. The lowest BCUT2D eigenvalue weighted by atomic mass is 9.96. The van der Waals surface area contributed by atoms with Crippen LogP contribution in [0, 0.1) is 6.92 Å². The topological polar surface area (TPSA) is 72.3 Å². The zero-order valence-corrected chi connectivity index (χ0v) is 8.70. The number of aliphatic hydroxyl groups is 1. The molecule has 14 heavy (non-hydrogen) atoms. The smallest absolute Gasteiger partial charge is 0.0944 e. The fraction of sp³-hybridized carbons (Fsp3) is 0.455. The molecule has 3 heteroatoms. The molecule has 1 aromatic rings. The van der Waals surface area contributed by atoms with Gasteiger partial charge in [0.1, 0.15) is 0 Å². The van der Waals surface area contributed by atoms with E-state index in [4.69, 9.17) is 11.5 Å². The summed E-state index contributed by atoms with van der Waals surface area (Å²) in [6, 6.07) is 5.28. The van der Waals surface area contributed by atoms with E-state index in [-0.39, 0.29) is 6.04 Å². The van der Waals surface area contributed by atoms with Crippen molar-refractivity contribution in [2.75, 3.05) is 5.73 Å². The number of rotatable bonds is 3. The molecule has 0 aliphatic carbocycles. The molecule has 0 unspecified atom stereocenters. The molecule has 0 fully saturated rings. The zero-order valence-electron chi connectivity index (χ0n) is 8.70. The molecule has 0 radical (unpaired) electrons. The molecule has 0 amide bonds. The maximum absolute atomic E-state index is 9.91. The van der Waals surface area contributed by atoms with Gasteiger partial charge in [0.05, 0.1) is 6.10 Å². The van der Waals surface area contributed by atoms with E-state index in [1.165, 1.54) is 0 Å². The second-order valence-corrected chi connectivity index (χ2v) is 3.63. The van der Waals surface area contributed by atoms with E-state index in [0.29, 0.717) is 5.69 Å². The van der Waals surface area contributed by atoms with Gasteiger partial charge in [-0.3, -0.25) is 0 Å². The largest absolute Gasteiger partial charge is 0.399 e. The van der Waals surface area contributed by atoms with Crippen molar-refractivity contribution in [2.24, 2.45) is 5.73 Å². The van der Waals surface area contributed by atoms with Crippen LogP contribution in [0.3, 0.4) is 0 Å². The van der Waals surface area contributed by atoms with Gasteiger partial charge in [-0.05, 0) is 36.6 Å². The van der Waals surface area contributed by atoms with Gasteiger partial charge in [-0.25, -0.2) is 0 Å². The summed E-state index contributed by atoms with van der Waals surface area (Å²) >= 11 is 0. The number of hydrogen-bond acceptors (Lipinski definition) is 3. The molecule has 0 saturated heterocycles. The van der Waals surface area contributed by atoms with Crippen molar-refractivity contribution in [2.45, 2.75) is 32.4 Å². The summed E-state index contributed by atoms with van der Waals surface area (Å²) in [4.78, 5) is 0. The number of aryl methyl sites for hydroxylation is 1. The molecular weight excluding hydrogens is 176 g/mol. The van der Waals surface area contributed by atoms with E-state index in [1.54, 1.807) is 6.07 Å². The first-order valence-electron chi connectivity index (χ1n) is 4.86. The van der Waals surface area contributed by atoms with Gasteiger partial charge in [-0.2, -0.15) is 0 Å². The van der Waals surface area contributed by atoms with Crippen LogP contribution in [-0.4, -0.2) is 11.1 Å². The van der Waals surface area contributed by atoms with Crippen LogP contribution in [0.4, 0.5) is 5.69 Å². The quantitative estimate of drug-likeness (QED) is 0.636. The highest BCUT2D eigenvalue weighted by atomic mass is 16.3. The molecule has 5 N–H and O–H groups in total. The first-order valence-corrected chi connectivity index (χ1v) is 4.86. The van der Waals surface area contributed by atoms with Crippen LogP contribution in [-0.2, 0) is 0 Å². The number of hydrogen-bond donors (Lipinski definition) is 3. The average molecular weight is 194 g/mol. The molecular formula is C11H18N2O. The highest BCUT2D eigenvalue weighted by Gasteiger charge is 2.16. The predicted molar refractivity (Wildman–Crippen MR) is 58.8 cm³/mol. The molecule has 0 spiro atoms. The van der Waals surface area contributed by atoms with Crippen LogP contribution in [0.25, 0.3) is 0 Å². The second kappa shape index (κ2) is 4.44. The molecule has 1 aromatic carbocycles. The third-order valence-electron chi connectivity index (χ3n) is 2.50. The monoisotopic (exact) mass is 194 g/mol. The maximum atomic E-state index is 9.91. The molecule has 3 nitrogen and oxygen atoms in total. The Kier molecular flexibility index (Phi) is 3.49. The Labute approximate surface area is 84.7 Å². The number of nitrogens with two attached hydrogens (primary N) is 2. The highest BCUT2D eigenvalue weighted by Crippen LogP contribution is 2.23.